The highest BCUT2D eigenvalue weighted by atomic mass is 32.2. The van der Waals surface area contributed by atoms with Gasteiger partial charge in [0.2, 0.25) is 5.91 Å². The minimum atomic E-state index is -0.364. The number of hydrogen-bond acceptors (Lipinski definition) is 4. The molecule has 0 spiro atoms. The summed E-state index contributed by atoms with van der Waals surface area (Å²) in [5, 5.41) is 3.50. The number of amidine groups is 1. The maximum atomic E-state index is 13.4. The van der Waals surface area contributed by atoms with Crippen LogP contribution in [-0.2, 0) is 9.59 Å². The molecule has 158 valence electrons. The van der Waals surface area contributed by atoms with Gasteiger partial charge in [0.25, 0.3) is 5.91 Å². The molecule has 0 aromatic heterocycles. The molecule has 0 saturated heterocycles. The van der Waals surface area contributed by atoms with Crippen LogP contribution in [-0.4, -0.2) is 40.7 Å². The predicted octanol–water partition coefficient (Wildman–Crippen LogP) is 4.45. The molecule has 1 unspecified atom stereocenters. The molecule has 1 aromatic carbocycles. The van der Waals surface area contributed by atoms with Gasteiger partial charge in [0, 0.05) is 13.1 Å². The molecule has 0 fully saturated rings. The monoisotopic (exact) mass is 419 g/mol. The van der Waals surface area contributed by atoms with Crippen LogP contribution in [0.15, 0.2) is 35.0 Å². The summed E-state index contributed by atoms with van der Waals surface area (Å²) in [5.41, 5.74) is 0.834. The van der Waals surface area contributed by atoms with E-state index in [9.17, 15) is 14.0 Å². The van der Waals surface area contributed by atoms with Crippen LogP contribution in [0.4, 0.5) is 4.39 Å². The van der Waals surface area contributed by atoms with E-state index in [-0.39, 0.29) is 29.1 Å². The molecular weight excluding hydrogens is 389 g/mol. The van der Waals surface area contributed by atoms with Gasteiger partial charge < -0.3 is 5.32 Å². The lowest BCUT2D eigenvalue weighted by Crippen LogP contribution is -2.33. The number of carbonyl (C=O) groups is 2. The Bertz CT molecular complexity index is 779. The summed E-state index contributed by atoms with van der Waals surface area (Å²) in [5.74, 6) is 0.0584. The first kappa shape index (κ1) is 23.1. The number of rotatable bonds is 10. The number of likely N-dealkylation sites (N-methyl/N-ethyl adjacent to an activating group) is 1. The number of aliphatic imine (C=N–C) groups is 1. The van der Waals surface area contributed by atoms with E-state index in [2.05, 4.69) is 24.2 Å². The molecular formula is C22H30FN3O2S. The van der Waals surface area contributed by atoms with Crippen LogP contribution < -0.4 is 5.32 Å². The molecule has 29 heavy (non-hydrogen) atoms. The minimum Gasteiger partial charge on any atom is -0.355 e. The van der Waals surface area contributed by atoms with Crippen LogP contribution in [0.2, 0.25) is 0 Å². The van der Waals surface area contributed by atoms with Gasteiger partial charge in [-0.15, -0.1) is 0 Å². The van der Waals surface area contributed by atoms with E-state index in [1.807, 2.05) is 6.92 Å². The zero-order valence-electron chi connectivity index (χ0n) is 17.4. The van der Waals surface area contributed by atoms with E-state index in [1.165, 1.54) is 30.3 Å². The lowest BCUT2D eigenvalue weighted by atomic mass is 9.99. The van der Waals surface area contributed by atoms with Crippen molar-refractivity contribution in [3.63, 3.8) is 0 Å². The third-order valence-electron chi connectivity index (χ3n) is 4.84. The summed E-state index contributed by atoms with van der Waals surface area (Å²) in [6.07, 6.45) is 6.08. The fraction of sp³-hybridized carbons (Fsp3) is 0.500. The molecule has 0 bridgehead atoms. The number of nitrogens with one attached hydrogen (secondary N) is 1. The number of hydrogen-bond donors (Lipinski definition) is 1. The van der Waals surface area contributed by atoms with E-state index in [0.717, 1.165) is 19.3 Å². The molecule has 1 aliphatic heterocycles. The maximum absolute atomic E-state index is 13.4. The lowest BCUT2D eigenvalue weighted by molar-refractivity contribution is -0.122. The van der Waals surface area contributed by atoms with Crippen LogP contribution in [0.5, 0.6) is 0 Å². The maximum Gasteiger partial charge on any atom is 0.278 e. The Morgan fingerprint density at radius 3 is 2.79 bits per heavy atom. The molecule has 2 amide bonds. The number of thioether (sulfide) groups is 1. The molecule has 1 N–H and O–H groups in total. The summed E-state index contributed by atoms with van der Waals surface area (Å²) in [6, 6.07) is 6.02. The van der Waals surface area contributed by atoms with E-state index in [4.69, 9.17) is 0 Å². The van der Waals surface area contributed by atoms with Gasteiger partial charge in [0.15, 0.2) is 5.17 Å². The molecule has 1 aromatic rings. The van der Waals surface area contributed by atoms with Crippen molar-refractivity contribution in [3.05, 3.63) is 41.3 Å². The average Bonchev–Trinajstić information content (AvgIpc) is 3.01. The minimum absolute atomic E-state index is 0.0567. The van der Waals surface area contributed by atoms with Crippen LogP contribution in [0.25, 0.3) is 6.08 Å². The molecule has 2 rings (SSSR count). The third-order valence-corrected chi connectivity index (χ3v) is 5.82. The second-order valence-corrected chi connectivity index (χ2v) is 7.98. The molecule has 0 aliphatic carbocycles. The van der Waals surface area contributed by atoms with Crippen molar-refractivity contribution in [2.24, 2.45) is 10.9 Å². The van der Waals surface area contributed by atoms with Crippen molar-refractivity contribution in [3.8, 4) is 0 Å². The second-order valence-electron chi connectivity index (χ2n) is 7.04. The molecule has 7 heteroatoms. The highest BCUT2D eigenvalue weighted by Crippen LogP contribution is 2.24. The van der Waals surface area contributed by atoms with Gasteiger partial charge >= 0.3 is 0 Å². The van der Waals surface area contributed by atoms with Gasteiger partial charge in [0.1, 0.15) is 11.5 Å². The summed E-state index contributed by atoms with van der Waals surface area (Å²) in [6.45, 7) is 7.32. The Hall–Kier alpha value is -2.15. The van der Waals surface area contributed by atoms with Crippen LogP contribution in [0.3, 0.4) is 0 Å². The van der Waals surface area contributed by atoms with Crippen molar-refractivity contribution in [2.45, 2.75) is 46.5 Å². The highest BCUT2D eigenvalue weighted by molar-refractivity contribution is 8.14. The Labute approximate surface area is 176 Å². The summed E-state index contributed by atoms with van der Waals surface area (Å²) < 4.78 is 13.4. The van der Waals surface area contributed by atoms with Crippen molar-refractivity contribution in [2.75, 3.05) is 18.8 Å². The lowest BCUT2D eigenvalue weighted by Gasteiger charge is -2.16. The standard InChI is InChI=1S/C22H30FN3O2S/c1-4-7-9-16(5-2)14-24-20(27)15-29-22-25-19(21(28)26(22)6-3)13-17-10-8-11-18(23)12-17/h8,10-13,16H,4-7,9,14-15H2,1-3H3,(H,24,27). The van der Waals surface area contributed by atoms with E-state index < -0.39 is 0 Å². The van der Waals surface area contributed by atoms with Gasteiger partial charge in [-0.3, -0.25) is 14.5 Å². The first-order valence-corrected chi connectivity index (χ1v) is 11.2. The van der Waals surface area contributed by atoms with Crippen molar-refractivity contribution in [1.29, 1.82) is 0 Å². The van der Waals surface area contributed by atoms with Gasteiger partial charge in [-0.25, -0.2) is 9.38 Å². The third kappa shape index (κ3) is 6.99. The van der Waals surface area contributed by atoms with E-state index in [0.29, 0.717) is 29.7 Å². The van der Waals surface area contributed by atoms with Crippen LogP contribution >= 0.6 is 11.8 Å². The van der Waals surface area contributed by atoms with E-state index >= 15 is 0 Å². The highest BCUT2D eigenvalue weighted by Gasteiger charge is 2.29. The molecule has 1 aliphatic rings. The smallest absolute Gasteiger partial charge is 0.278 e. The number of halogens is 1. The molecule has 1 atom stereocenters. The number of carbonyl (C=O) groups excluding carboxylic acids is 2. The zero-order valence-corrected chi connectivity index (χ0v) is 18.2. The predicted molar refractivity (Wildman–Crippen MR) is 118 cm³/mol. The van der Waals surface area contributed by atoms with Crippen molar-refractivity contribution in [1.82, 2.24) is 10.2 Å². The number of unbranched alkanes of at least 4 members (excludes halogenated alkanes) is 1. The summed E-state index contributed by atoms with van der Waals surface area (Å²) >= 11 is 1.25. The molecule has 0 saturated carbocycles. The largest absolute Gasteiger partial charge is 0.355 e. The van der Waals surface area contributed by atoms with Crippen molar-refractivity contribution >= 4 is 34.8 Å². The SMILES string of the molecule is CCCCC(CC)CNC(=O)CSC1=NC(=Cc2cccc(F)c2)C(=O)N1CC. The molecule has 5 nitrogen and oxygen atoms in total. The fourth-order valence-electron chi connectivity index (χ4n) is 3.06. The second kappa shape index (κ2) is 11.8. The summed E-state index contributed by atoms with van der Waals surface area (Å²) in [7, 11) is 0. The van der Waals surface area contributed by atoms with E-state index in [1.54, 1.807) is 23.1 Å². The first-order chi connectivity index (χ1) is 14.0. The quantitative estimate of drug-likeness (QED) is 0.570. The Kier molecular flexibility index (Phi) is 9.38. The fourth-order valence-corrected chi connectivity index (χ4v) is 3.95. The number of nitrogens with zero attached hydrogens (tertiary/aromatic N) is 2. The number of benzene rings is 1. The average molecular weight is 420 g/mol. The topological polar surface area (TPSA) is 61.8 Å². The molecule has 0 radical (unpaired) electrons. The van der Waals surface area contributed by atoms with Gasteiger partial charge in [0.05, 0.1) is 5.75 Å². The van der Waals surface area contributed by atoms with Crippen LogP contribution in [0, 0.1) is 11.7 Å². The van der Waals surface area contributed by atoms with Gasteiger partial charge in [-0.05, 0) is 43.0 Å². The number of amides is 2. The zero-order chi connectivity index (χ0) is 21.2. The molecule has 1 heterocycles. The van der Waals surface area contributed by atoms with Crippen LogP contribution in [0.1, 0.15) is 52.0 Å². The van der Waals surface area contributed by atoms with Gasteiger partial charge in [-0.2, -0.15) is 0 Å². The first-order valence-electron chi connectivity index (χ1n) is 10.3. The van der Waals surface area contributed by atoms with Crippen molar-refractivity contribution < 1.29 is 14.0 Å². The normalized spacial score (nSPS) is 16.3. The van der Waals surface area contributed by atoms with Gasteiger partial charge in [-0.1, -0.05) is 57.0 Å². The summed E-state index contributed by atoms with van der Waals surface area (Å²) in [4.78, 5) is 30.7. The Balaban J connectivity index is 1.96. The Morgan fingerprint density at radius 1 is 1.34 bits per heavy atom. The Morgan fingerprint density at radius 2 is 2.14 bits per heavy atom.